The van der Waals surface area contributed by atoms with E-state index in [1.807, 2.05) is 61.9 Å². The van der Waals surface area contributed by atoms with Crippen LogP contribution in [0.25, 0.3) is 11.0 Å². The van der Waals surface area contributed by atoms with Crippen LogP contribution >= 0.6 is 11.6 Å². The van der Waals surface area contributed by atoms with Crippen molar-refractivity contribution in [3.05, 3.63) is 76.8 Å². The summed E-state index contributed by atoms with van der Waals surface area (Å²) in [4.78, 5) is 11.4. The second-order valence-electron chi connectivity index (χ2n) is 9.47. The van der Waals surface area contributed by atoms with Crippen LogP contribution in [0.3, 0.4) is 0 Å². The number of halogens is 1. The maximum Gasteiger partial charge on any atom is 0.263 e. The van der Waals surface area contributed by atoms with Crippen molar-refractivity contribution in [1.29, 1.82) is 0 Å². The zero-order valence-electron chi connectivity index (χ0n) is 22.8. The lowest BCUT2D eigenvalue weighted by atomic mass is 10.1. The normalized spacial score (nSPS) is 11.3. The van der Waals surface area contributed by atoms with Gasteiger partial charge in [-0.2, -0.15) is 0 Å². The van der Waals surface area contributed by atoms with Crippen LogP contribution in [0.5, 0.6) is 5.75 Å². The van der Waals surface area contributed by atoms with E-state index in [0.29, 0.717) is 39.5 Å². The molecule has 11 heteroatoms. The summed E-state index contributed by atoms with van der Waals surface area (Å²) in [6.07, 6.45) is 0.569. The van der Waals surface area contributed by atoms with E-state index in [4.69, 9.17) is 16.3 Å². The van der Waals surface area contributed by atoms with Gasteiger partial charge in [-0.3, -0.25) is 14.2 Å². The first kappa shape index (κ1) is 28.1. The Morgan fingerprint density at radius 1 is 1.00 bits per heavy atom. The highest BCUT2D eigenvalue weighted by Gasteiger charge is 2.23. The fourth-order valence-corrected chi connectivity index (χ4v) is 5.61. The van der Waals surface area contributed by atoms with Crippen molar-refractivity contribution >= 4 is 55.8 Å². The first-order valence-corrected chi connectivity index (χ1v) is 14.0. The zero-order valence-corrected chi connectivity index (χ0v) is 24.4. The summed E-state index contributed by atoms with van der Waals surface area (Å²) in [7, 11) is 5.37. The van der Waals surface area contributed by atoms with Crippen LogP contribution < -0.4 is 14.8 Å². The SMILES string of the molecule is COc1ccc(Cl)c(Nc2nc3ccccc3nc2NS(=O)(=O)c2cc(CC(N(C)C)=[N+](C)C)ccc2C)c1. The minimum Gasteiger partial charge on any atom is -0.497 e. The number of hydrogen-bond donors (Lipinski definition) is 2. The van der Waals surface area contributed by atoms with Crippen molar-refractivity contribution in [2.24, 2.45) is 0 Å². The number of anilines is 3. The summed E-state index contributed by atoms with van der Waals surface area (Å²) in [5, 5.41) is 3.55. The molecule has 2 N–H and O–H groups in total. The summed E-state index contributed by atoms with van der Waals surface area (Å²) < 4.78 is 37.5. The molecule has 204 valence electrons. The van der Waals surface area contributed by atoms with Gasteiger partial charge in [0.1, 0.15) is 5.75 Å². The lowest BCUT2D eigenvalue weighted by Gasteiger charge is -2.17. The van der Waals surface area contributed by atoms with Crippen molar-refractivity contribution in [3.8, 4) is 5.75 Å². The highest BCUT2D eigenvalue weighted by atomic mass is 35.5. The van der Waals surface area contributed by atoms with E-state index in [0.717, 1.165) is 11.4 Å². The number of aryl methyl sites for hydroxylation is 1. The van der Waals surface area contributed by atoms with E-state index in [1.54, 1.807) is 50.4 Å². The van der Waals surface area contributed by atoms with Gasteiger partial charge in [-0.05, 0) is 48.4 Å². The van der Waals surface area contributed by atoms with Gasteiger partial charge >= 0.3 is 0 Å². The highest BCUT2D eigenvalue weighted by molar-refractivity contribution is 7.92. The van der Waals surface area contributed by atoms with E-state index < -0.39 is 10.0 Å². The Morgan fingerprint density at radius 3 is 2.28 bits per heavy atom. The third-order valence-corrected chi connectivity index (χ3v) is 7.98. The number of fused-ring (bicyclic) bond motifs is 1. The van der Waals surface area contributed by atoms with Crippen LogP contribution in [0, 0.1) is 6.92 Å². The Kier molecular flexibility index (Phi) is 8.27. The number of hydrogen-bond acceptors (Lipinski definition) is 6. The van der Waals surface area contributed by atoms with Crippen molar-refractivity contribution in [1.82, 2.24) is 14.9 Å². The average Bonchev–Trinajstić information content (AvgIpc) is 2.89. The van der Waals surface area contributed by atoms with Gasteiger partial charge in [-0.15, -0.1) is 0 Å². The predicted molar refractivity (Wildman–Crippen MR) is 157 cm³/mol. The fourth-order valence-electron chi connectivity index (χ4n) is 4.14. The number of para-hydroxylation sites is 2. The van der Waals surface area contributed by atoms with Gasteiger partial charge in [0.2, 0.25) is 5.84 Å². The molecule has 0 aliphatic carbocycles. The number of amidine groups is 1. The van der Waals surface area contributed by atoms with E-state index in [2.05, 4.69) is 20.0 Å². The first-order chi connectivity index (χ1) is 18.5. The molecule has 1 heterocycles. The van der Waals surface area contributed by atoms with Crippen LogP contribution in [-0.4, -0.2) is 69.0 Å². The van der Waals surface area contributed by atoms with Crippen molar-refractivity contribution in [2.45, 2.75) is 18.2 Å². The molecule has 0 aliphatic rings. The molecule has 0 bridgehead atoms. The van der Waals surface area contributed by atoms with Gasteiger partial charge in [0, 0.05) is 6.07 Å². The average molecular weight is 568 g/mol. The van der Waals surface area contributed by atoms with Crippen LogP contribution in [-0.2, 0) is 16.4 Å². The summed E-state index contributed by atoms with van der Waals surface area (Å²) in [6.45, 7) is 1.77. The summed E-state index contributed by atoms with van der Waals surface area (Å²) in [5.41, 5.74) is 3.11. The maximum absolute atomic E-state index is 13.8. The molecule has 0 fully saturated rings. The number of likely N-dealkylation sites (N-methyl/N-ethyl adjacent to an activating group) is 1. The second-order valence-corrected chi connectivity index (χ2v) is 11.5. The zero-order chi connectivity index (χ0) is 28.3. The van der Waals surface area contributed by atoms with Crippen LogP contribution in [0.2, 0.25) is 5.02 Å². The Bertz CT molecular complexity index is 1670. The molecule has 1 aromatic heterocycles. The molecule has 3 aromatic carbocycles. The molecule has 0 unspecified atom stereocenters. The van der Waals surface area contributed by atoms with E-state index >= 15 is 0 Å². The molecule has 0 atom stereocenters. The molecular formula is C28H32ClN6O3S+. The van der Waals surface area contributed by atoms with Gasteiger partial charge in [-0.25, -0.2) is 18.4 Å². The number of methoxy groups -OCH3 is 1. The summed E-state index contributed by atoms with van der Waals surface area (Å²) in [6, 6.07) is 17.8. The molecule has 0 saturated heterocycles. The van der Waals surface area contributed by atoms with Gasteiger partial charge in [0.25, 0.3) is 10.0 Å². The predicted octanol–water partition coefficient (Wildman–Crippen LogP) is 4.92. The molecule has 4 aromatic rings. The molecule has 39 heavy (non-hydrogen) atoms. The summed E-state index contributed by atoms with van der Waals surface area (Å²) >= 11 is 6.41. The number of sulfonamides is 1. The lowest BCUT2D eigenvalue weighted by Crippen LogP contribution is -2.31. The molecule has 9 nitrogen and oxygen atoms in total. The molecule has 0 spiro atoms. The number of nitrogens with zero attached hydrogens (tertiary/aromatic N) is 4. The minimum absolute atomic E-state index is 0.0474. The Balaban J connectivity index is 1.77. The van der Waals surface area contributed by atoms with Gasteiger partial charge in [-0.1, -0.05) is 35.9 Å². The molecule has 0 radical (unpaired) electrons. The van der Waals surface area contributed by atoms with Crippen molar-refractivity contribution < 1.29 is 17.7 Å². The first-order valence-electron chi connectivity index (χ1n) is 12.2. The number of ether oxygens (including phenoxy) is 1. The molecule has 0 amide bonds. The highest BCUT2D eigenvalue weighted by Crippen LogP contribution is 2.33. The minimum atomic E-state index is -4.04. The third-order valence-electron chi connectivity index (χ3n) is 6.16. The number of nitrogens with one attached hydrogen (secondary N) is 2. The monoisotopic (exact) mass is 567 g/mol. The number of rotatable bonds is 8. The molecule has 0 saturated carbocycles. The van der Waals surface area contributed by atoms with Crippen LogP contribution in [0.1, 0.15) is 11.1 Å². The van der Waals surface area contributed by atoms with Crippen LogP contribution in [0.4, 0.5) is 17.3 Å². The molecular weight excluding hydrogens is 536 g/mol. The van der Waals surface area contributed by atoms with E-state index in [9.17, 15) is 8.42 Å². The number of benzene rings is 3. The fraction of sp³-hybridized carbons (Fsp3) is 0.250. The Morgan fingerprint density at radius 2 is 1.67 bits per heavy atom. The van der Waals surface area contributed by atoms with Gasteiger partial charge < -0.3 is 10.1 Å². The van der Waals surface area contributed by atoms with Crippen molar-refractivity contribution in [2.75, 3.05) is 45.3 Å². The number of aromatic nitrogens is 2. The van der Waals surface area contributed by atoms with E-state index in [-0.39, 0.29) is 16.5 Å². The standard InChI is InChI=1S/C28H32ClN6O3S/c1-18-11-12-19(16-26(34(2)3)35(4)5)15-25(18)39(36,37)33-28-27(30-22-9-7-8-10-23(22)31-28)32-24-17-20(38-6)13-14-21(24)29/h7-15,17H,16H2,1-6H3,(H,30,32)(H,31,33)/q+1. The summed E-state index contributed by atoms with van der Waals surface area (Å²) in [5.74, 6) is 1.87. The van der Waals surface area contributed by atoms with Gasteiger partial charge in [0.05, 0.1) is 68.4 Å². The quantitative estimate of drug-likeness (QED) is 0.177. The topological polar surface area (TPSA) is 99.5 Å². The smallest absolute Gasteiger partial charge is 0.263 e. The second kappa shape index (κ2) is 11.5. The molecule has 0 aliphatic heterocycles. The van der Waals surface area contributed by atoms with E-state index in [1.165, 1.54) is 0 Å². The maximum atomic E-state index is 13.8. The van der Waals surface area contributed by atoms with Crippen LogP contribution in [0.15, 0.2) is 65.6 Å². The Hall–Kier alpha value is -3.89. The molecule has 4 rings (SSSR count). The van der Waals surface area contributed by atoms with Gasteiger partial charge in [0.15, 0.2) is 11.6 Å². The Labute approximate surface area is 234 Å². The van der Waals surface area contributed by atoms with Crippen molar-refractivity contribution in [3.63, 3.8) is 0 Å². The lowest BCUT2D eigenvalue weighted by molar-refractivity contribution is -0.470. The third kappa shape index (κ3) is 6.40. The largest absolute Gasteiger partial charge is 0.497 e.